The predicted octanol–water partition coefficient (Wildman–Crippen LogP) is 2.18. The third-order valence-electron chi connectivity index (χ3n) is 4.82. The second-order valence-corrected chi connectivity index (χ2v) is 6.62. The van der Waals surface area contributed by atoms with Crippen molar-refractivity contribution in [2.24, 2.45) is 0 Å². The van der Waals surface area contributed by atoms with Gasteiger partial charge >= 0.3 is 18.0 Å². The van der Waals surface area contributed by atoms with E-state index in [2.05, 4.69) is 5.43 Å². The van der Waals surface area contributed by atoms with Crippen LogP contribution in [-0.4, -0.2) is 41.1 Å². The number of hydrogen-bond acceptors (Lipinski definition) is 4. The number of benzene rings is 2. The fraction of sp³-hybridized carbons (Fsp3) is 0.263. The number of nitrogens with one attached hydrogen (secondary N) is 1. The highest BCUT2D eigenvalue weighted by Crippen LogP contribution is 2.30. The first-order chi connectivity index (χ1) is 13.3. The van der Waals surface area contributed by atoms with Gasteiger partial charge in [-0.15, -0.1) is 0 Å². The first kappa shape index (κ1) is 18.3. The van der Waals surface area contributed by atoms with Crippen molar-refractivity contribution in [2.45, 2.75) is 19.0 Å². The topological polar surface area (TPSA) is 55.9 Å². The lowest BCUT2D eigenvalue weighted by molar-refractivity contribution is -0.163. The van der Waals surface area contributed by atoms with Crippen molar-refractivity contribution in [1.82, 2.24) is 15.3 Å². The van der Waals surface area contributed by atoms with Gasteiger partial charge in [-0.2, -0.15) is 18.6 Å². The molecule has 0 radical (unpaired) electrons. The lowest BCUT2D eigenvalue weighted by Gasteiger charge is -2.40. The summed E-state index contributed by atoms with van der Waals surface area (Å²) in [6.07, 6.45) is -5.05. The van der Waals surface area contributed by atoms with Crippen LogP contribution in [0.15, 0.2) is 54.6 Å². The largest absolute Gasteiger partial charge is 0.416 e. The molecule has 2 amide bonds. The van der Waals surface area contributed by atoms with Crippen LogP contribution >= 0.6 is 0 Å². The smallest absolute Gasteiger partial charge is 0.336 e. The molecule has 1 atom stereocenters. The van der Waals surface area contributed by atoms with Crippen molar-refractivity contribution in [3.63, 3.8) is 0 Å². The molecule has 1 unspecified atom stereocenters. The Hall–Kier alpha value is -3.07. The molecule has 6 nitrogen and oxygen atoms in total. The van der Waals surface area contributed by atoms with Gasteiger partial charge in [0.15, 0.2) is 6.29 Å². The summed E-state index contributed by atoms with van der Waals surface area (Å²) in [6.45, 7) is 0.772. The van der Waals surface area contributed by atoms with Crippen LogP contribution in [0.4, 0.5) is 18.9 Å². The molecule has 9 heteroatoms. The average Bonchev–Trinajstić information content (AvgIpc) is 3.10. The van der Waals surface area contributed by atoms with Crippen molar-refractivity contribution in [1.29, 1.82) is 0 Å². The van der Waals surface area contributed by atoms with E-state index in [4.69, 9.17) is 0 Å². The van der Waals surface area contributed by atoms with Crippen LogP contribution in [0.25, 0.3) is 0 Å². The van der Waals surface area contributed by atoms with Crippen LogP contribution in [0.5, 0.6) is 0 Å². The number of carbonyl (C=O) groups is 2. The molecular weight excluding hydrogens is 373 g/mol. The minimum absolute atomic E-state index is 0.151. The van der Waals surface area contributed by atoms with Crippen molar-refractivity contribution in [3.05, 3.63) is 65.7 Å². The lowest BCUT2D eigenvalue weighted by Crippen LogP contribution is -2.67. The van der Waals surface area contributed by atoms with Crippen molar-refractivity contribution >= 4 is 17.5 Å². The first-order valence-corrected chi connectivity index (χ1v) is 8.71. The van der Waals surface area contributed by atoms with Crippen molar-refractivity contribution in [2.75, 3.05) is 18.0 Å². The number of amides is 2. The van der Waals surface area contributed by atoms with E-state index in [1.54, 1.807) is 0 Å². The molecule has 2 aliphatic rings. The summed E-state index contributed by atoms with van der Waals surface area (Å²) in [5, 5.41) is 1.08. The highest BCUT2D eigenvalue weighted by molar-refractivity contribution is 6.35. The maximum atomic E-state index is 12.9. The summed E-state index contributed by atoms with van der Waals surface area (Å²) in [5.74, 6) is -1.46. The van der Waals surface area contributed by atoms with E-state index in [1.165, 1.54) is 17.0 Å². The van der Waals surface area contributed by atoms with Gasteiger partial charge in [0.25, 0.3) is 0 Å². The van der Waals surface area contributed by atoms with Crippen LogP contribution < -0.4 is 10.3 Å². The van der Waals surface area contributed by atoms with Gasteiger partial charge in [-0.1, -0.05) is 30.3 Å². The van der Waals surface area contributed by atoms with Crippen molar-refractivity contribution < 1.29 is 22.8 Å². The number of carbonyl (C=O) groups excluding carboxylic acids is 2. The standard InChI is InChI=1S/C19H17F3N4O2/c20-19(21,22)14-6-4-5-13(11-14)12-26-17(28)16(27)25-10-9-24(18(25)23-26)15-7-2-1-3-8-15/h1-8,11,18,23H,9-10,12H2. The van der Waals surface area contributed by atoms with E-state index < -0.39 is 29.8 Å². The van der Waals surface area contributed by atoms with Gasteiger partial charge in [-0.05, 0) is 29.8 Å². The van der Waals surface area contributed by atoms with Crippen LogP contribution in [0.2, 0.25) is 0 Å². The van der Waals surface area contributed by atoms with Crippen LogP contribution in [0.3, 0.4) is 0 Å². The minimum atomic E-state index is -4.47. The van der Waals surface area contributed by atoms with Gasteiger partial charge in [0.2, 0.25) is 0 Å². The van der Waals surface area contributed by atoms with E-state index in [0.29, 0.717) is 13.1 Å². The van der Waals surface area contributed by atoms with Crippen LogP contribution in [0, 0.1) is 0 Å². The monoisotopic (exact) mass is 390 g/mol. The maximum absolute atomic E-state index is 12.9. The predicted molar refractivity (Wildman–Crippen MR) is 94.4 cm³/mol. The first-order valence-electron chi connectivity index (χ1n) is 8.71. The number of alkyl halides is 3. The third kappa shape index (κ3) is 3.29. The molecule has 146 valence electrons. The Bertz CT molecular complexity index is 904. The third-order valence-corrected chi connectivity index (χ3v) is 4.82. The molecule has 28 heavy (non-hydrogen) atoms. The molecule has 0 bridgehead atoms. The molecule has 2 heterocycles. The second-order valence-electron chi connectivity index (χ2n) is 6.62. The van der Waals surface area contributed by atoms with Gasteiger partial charge < -0.3 is 4.90 Å². The SMILES string of the molecule is O=C1C(=O)N2CCN(c3ccccc3)C2NN1Cc1cccc(C(F)(F)F)c1. The Morgan fingerprint density at radius 2 is 1.64 bits per heavy atom. The Balaban J connectivity index is 1.57. The van der Waals surface area contributed by atoms with Crippen molar-refractivity contribution in [3.8, 4) is 0 Å². The number of fused-ring (bicyclic) bond motifs is 1. The summed E-state index contributed by atoms with van der Waals surface area (Å²) < 4.78 is 38.8. The Labute approximate surface area is 159 Å². The quantitative estimate of drug-likeness (QED) is 0.817. The number of hydrazine groups is 1. The number of halogens is 3. The lowest BCUT2D eigenvalue weighted by atomic mass is 10.1. The molecule has 2 aromatic rings. The molecule has 0 aliphatic carbocycles. The highest BCUT2D eigenvalue weighted by atomic mass is 19.4. The number of para-hydroxylation sites is 1. The molecular formula is C19H17F3N4O2. The van der Waals surface area contributed by atoms with E-state index in [9.17, 15) is 22.8 Å². The second kappa shape index (κ2) is 6.83. The maximum Gasteiger partial charge on any atom is 0.416 e. The van der Waals surface area contributed by atoms with Crippen LogP contribution in [-0.2, 0) is 22.3 Å². The molecule has 0 aromatic heterocycles. The Morgan fingerprint density at radius 3 is 2.36 bits per heavy atom. The molecule has 4 rings (SSSR count). The van der Waals surface area contributed by atoms with E-state index in [-0.39, 0.29) is 12.1 Å². The van der Waals surface area contributed by atoms with Gasteiger partial charge in [0.05, 0.1) is 12.1 Å². The van der Waals surface area contributed by atoms with Gasteiger partial charge in [0, 0.05) is 18.8 Å². The van der Waals surface area contributed by atoms with E-state index in [1.807, 2.05) is 35.2 Å². The number of nitrogens with zero attached hydrogens (tertiary/aromatic N) is 3. The molecule has 2 fully saturated rings. The van der Waals surface area contributed by atoms with Gasteiger partial charge in [0.1, 0.15) is 0 Å². The van der Waals surface area contributed by atoms with Gasteiger partial charge in [-0.3, -0.25) is 19.5 Å². The molecule has 0 saturated carbocycles. The molecule has 2 saturated heterocycles. The number of rotatable bonds is 3. The molecule has 2 aliphatic heterocycles. The zero-order chi connectivity index (χ0) is 19.9. The summed E-state index contributed by atoms with van der Waals surface area (Å²) in [5.41, 5.74) is 3.34. The Kier molecular flexibility index (Phi) is 4.46. The number of anilines is 1. The summed E-state index contributed by atoms with van der Waals surface area (Å²) in [6, 6.07) is 14.1. The van der Waals surface area contributed by atoms with Gasteiger partial charge in [-0.25, -0.2) is 0 Å². The summed E-state index contributed by atoms with van der Waals surface area (Å²) >= 11 is 0. The zero-order valence-corrected chi connectivity index (χ0v) is 14.7. The number of hydrogen-bond donors (Lipinski definition) is 1. The highest BCUT2D eigenvalue weighted by Gasteiger charge is 2.45. The normalized spacial score (nSPS) is 20.0. The molecule has 0 spiro atoms. The minimum Gasteiger partial charge on any atom is -0.336 e. The van der Waals surface area contributed by atoms with E-state index in [0.717, 1.165) is 22.8 Å². The molecule has 2 aromatic carbocycles. The van der Waals surface area contributed by atoms with E-state index >= 15 is 0 Å². The zero-order valence-electron chi connectivity index (χ0n) is 14.7. The average molecular weight is 390 g/mol. The van der Waals surface area contributed by atoms with Crippen LogP contribution in [0.1, 0.15) is 11.1 Å². The summed E-state index contributed by atoms with van der Waals surface area (Å²) in [7, 11) is 0. The summed E-state index contributed by atoms with van der Waals surface area (Å²) in [4.78, 5) is 28.3. The fourth-order valence-electron chi connectivity index (χ4n) is 3.45. The molecule has 1 N–H and O–H groups in total. The fourth-order valence-corrected chi connectivity index (χ4v) is 3.45. The Morgan fingerprint density at radius 1 is 0.929 bits per heavy atom.